The summed E-state index contributed by atoms with van der Waals surface area (Å²) in [6.07, 6.45) is 8.97. The molecule has 5 saturated carbocycles. The third-order valence-corrected chi connectivity index (χ3v) is 14.6. The maximum Gasteiger partial charge on any atom is 0.397 e. The molecule has 5 fully saturated rings. The van der Waals surface area contributed by atoms with Gasteiger partial charge in [0, 0.05) is 5.41 Å². The van der Waals surface area contributed by atoms with Gasteiger partial charge in [0.2, 0.25) is 0 Å². The highest BCUT2D eigenvalue weighted by Crippen LogP contribution is 2.89. The van der Waals surface area contributed by atoms with Crippen LogP contribution in [-0.2, 0) is 29.2 Å². The normalized spacial score (nSPS) is 47.2. The Hall–Kier alpha value is -0.300. The van der Waals surface area contributed by atoms with Crippen LogP contribution >= 0.6 is 0 Å². The molecule has 0 unspecified atom stereocenters. The fourth-order valence-electron chi connectivity index (χ4n) is 12.1. The molecule has 9 nitrogen and oxygen atoms in total. The van der Waals surface area contributed by atoms with Gasteiger partial charge >= 0.3 is 20.8 Å². The lowest BCUT2D eigenvalue weighted by Crippen LogP contribution is -2.59. The molecule has 0 saturated heterocycles. The maximum absolute atomic E-state index is 11.8. The van der Waals surface area contributed by atoms with Crippen LogP contribution in [0.15, 0.2) is 0 Å². The van der Waals surface area contributed by atoms with E-state index < -0.39 is 38.9 Å². The van der Waals surface area contributed by atoms with Gasteiger partial charge in [0.1, 0.15) is 0 Å². The summed E-state index contributed by atoms with van der Waals surface area (Å²) in [5.74, 6) is 1.95. The molecule has 0 aromatic rings. The van der Waals surface area contributed by atoms with Gasteiger partial charge < -0.3 is 5.11 Å². The Morgan fingerprint density at radius 1 is 0.780 bits per heavy atom. The van der Waals surface area contributed by atoms with Gasteiger partial charge in [-0.25, -0.2) is 8.37 Å². The van der Waals surface area contributed by atoms with Crippen molar-refractivity contribution in [3.8, 4) is 0 Å². The minimum absolute atomic E-state index is 0.0521. The second-order valence-corrected chi connectivity index (χ2v) is 18.0. The first kappa shape index (κ1) is 32.1. The van der Waals surface area contributed by atoms with E-state index >= 15 is 0 Å². The van der Waals surface area contributed by atoms with Gasteiger partial charge in [-0.3, -0.25) is 9.11 Å². The molecule has 5 aliphatic rings. The fraction of sp³-hybridized carbons (Fsp3) is 1.00. The number of hydrogen-bond donors (Lipinski definition) is 3. The zero-order valence-corrected chi connectivity index (χ0v) is 27.3. The van der Waals surface area contributed by atoms with Crippen LogP contribution in [0.2, 0.25) is 0 Å². The van der Waals surface area contributed by atoms with Crippen molar-refractivity contribution < 1.29 is 39.4 Å². The summed E-state index contributed by atoms with van der Waals surface area (Å²) in [5, 5.41) is 10.8. The zero-order chi connectivity index (χ0) is 30.4. The van der Waals surface area contributed by atoms with E-state index in [9.17, 15) is 31.0 Å². The molecule has 238 valence electrons. The van der Waals surface area contributed by atoms with E-state index in [0.29, 0.717) is 30.1 Å². The van der Waals surface area contributed by atoms with Crippen molar-refractivity contribution in [2.45, 2.75) is 124 Å². The third kappa shape index (κ3) is 5.05. The monoisotopic (exact) mass is 620 g/mol. The number of rotatable bonds is 10. The van der Waals surface area contributed by atoms with Crippen LogP contribution in [0, 0.1) is 56.7 Å². The lowest BCUT2D eigenvalue weighted by atomic mass is 9.41. The van der Waals surface area contributed by atoms with Crippen molar-refractivity contribution in [1.82, 2.24) is 0 Å². The van der Waals surface area contributed by atoms with Crippen LogP contribution in [0.1, 0.15) is 112 Å². The molecule has 41 heavy (non-hydrogen) atoms. The zero-order valence-electron chi connectivity index (χ0n) is 25.6. The average Bonchev–Trinajstić information content (AvgIpc) is 3.40. The SMILES string of the molecule is CC(C)C[C@H](O)C[C@@H](C)[C@H]1CC[C@@]2(C)[C@@H]3CC[C@@H]4[C@](C)(COS(=O)(=O)O)[C@@H](OS(=O)(=O)O)CC[C@@]45C[C@@]35CC[C@]12C. The smallest absolute Gasteiger partial charge is 0.393 e. The molecule has 5 aliphatic carbocycles. The molecule has 5 rings (SSSR count). The van der Waals surface area contributed by atoms with Crippen LogP contribution in [0.3, 0.4) is 0 Å². The van der Waals surface area contributed by atoms with Gasteiger partial charge in [0.05, 0.1) is 18.8 Å². The van der Waals surface area contributed by atoms with Crippen molar-refractivity contribution in [2.24, 2.45) is 56.7 Å². The van der Waals surface area contributed by atoms with E-state index in [0.717, 1.165) is 51.4 Å². The van der Waals surface area contributed by atoms with Crippen LogP contribution < -0.4 is 0 Å². The second-order valence-electron chi connectivity index (χ2n) is 15.9. The van der Waals surface area contributed by atoms with Crippen molar-refractivity contribution in [3.63, 3.8) is 0 Å². The highest BCUT2D eigenvalue weighted by Gasteiger charge is 2.82. The predicted octanol–water partition coefficient (Wildman–Crippen LogP) is 5.85. The summed E-state index contributed by atoms with van der Waals surface area (Å²) in [4.78, 5) is 0. The Morgan fingerprint density at radius 3 is 2.02 bits per heavy atom. The maximum atomic E-state index is 11.8. The summed E-state index contributed by atoms with van der Waals surface area (Å²) in [7, 11) is -9.51. The molecule has 0 bridgehead atoms. The molecule has 0 aromatic heterocycles. The highest BCUT2D eigenvalue weighted by atomic mass is 32.3. The summed E-state index contributed by atoms with van der Waals surface area (Å²) in [6.45, 7) is 13.1. The van der Waals surface area contributed by atoms with E-state index in [-0.39, 0.29) is 33.7 Å². The molecule has 3 N–H and O–H groups in total. The molecule has 0 aromatic carbocycles. The molecular formula is C30H52O9S2. The molecule has 0 heterocycles. The number of hydrogen-bond acceptors (Lipinski definition) is 7. The van der Waals surface area contributed by atoms with E-state index in [1.54, 1.807) is 6.92 Å². The quantitative estimate of drug-likeness (QED) is 0.256. The predicted molar refractivity (Wildman–Crippen MR) is 154 cm³/mol. The second kappa shape index (κ2) is 10.1. The van der Waals surface area contributed by atoms with Gasteiger partial charge in [-0.05, 0) is 122 Å². The molecule has 0 radical (unpaired) electrons. The van der Waals surface area contributed by atoms with Crippen LogP contribution in [-0.4, -0.2) is 49.9 Å². The topological polar surface area (TPSA) is 147 Å². The van der Waals surface area contributed by atoms with E-state index in [2.05, 4.69) is 34.6 Å². The van der Waals surface area contributed by atoms with Crippen molar-refractivity contribution >= 4 is 20.8 Å². The fourth-order valence-corrected chi connectivity index (χ4v) is 13.1. The Kier molecular flexibility index (Phi) is 7.91. The van der Waals surface area contributed by atoms with Crippen LogP contribution in [0.25, 0.3) is 0 Å². The largest absolute Gasteiger partial charge is 0.397 e. The van der Waals surface area contributed by atoms with Crippen molar-refractivity contribution in [1.29, 1.82) is 0 Å². The molecule has 11 atom stereocenters. The minimum atomic E-state index is -4.76. The molecule has 0 aliphatic heterocycles. The first-order chi connectivity index (χ1) is 18.7. The van der Waals surface area contributed by atoms with E-state index in [1.807, 2.05) is 0 Å². The number of aliphatic hydroxyl groups excluding tert-OH is 1. The Labute approximate surface area is 247 Å². The van der Waals surface area contributed by atoms with Gasteiger partial charge in [-0.1, -0.05) is 41.5 Å². The minimum Gasteiger partial charge on any atom is -0.393 e. The lowest BCUT2D eigenvalue weighted by Gasteiger charge is -2.63. The third-order valence-electron chi connectivity index (χ3n) is 13.7. The first-order valence-corrected chi connectivity index (χ1v) is 18.4. The van der Waals surface area contributed by atoms with Crippen LogP contribution in [0.4, 0.5) is 0 Å². The Bertz CT molecular complexity index is 1240. The van der Waals surface area contributed by atoms with Crippen LogP contribution in [0.5, 0.6) is 0 Å². The standard InChI is InChI=1S/C30H52O9S2/c1-19(2)15-21(31)16-20(3)22-9-11-28(6)24-8-7-23-26(4,18-38-40(32,33)34)25(39-41(35,36)37)10-12-29(23)17-30(24,29)14-13-27(22,28)5/h19-25,31H,7-18H2,1-6H3,(H,32,33,34)(H,35,36,37)/t20-,21+,22-,23-,24+,25+,26+,27-,28+,29-,30+/m1/s1. The highest BCUT2D eigenvalue weighted by molar-refractivity contribution is 7.81. The molecule has 2 spiro atoms. The lowest BCUT2D eigenvalue weighted by molar-refractivity contribution is -0.169. The Balaban J connectivity index is 1.42. The number of fused-ring (bicyclic) bond motifs is 2. The van der Waals surface area contributed by atoms with Gasteiger partial charge in [-0.15, -0.1) is 0 Å². The molecule has 0 amide bonds. The van der Waals surface area contributed by atoms with Gasteiger partial charge in [0.15, 0.2) is 0 Å². The van der Waals surface area contributed by atoms with Gasteiger partial charge in [-0.2, -0.15) is 16.8 Å². The van der Waals surface area contributed by atoms with Gasteiger partial charge in [0.25, 0.3) is 0 Å². The summed E-state index contributed by atoms with van der Waals surface area (Å²) >= 11 is 0. The van der Waals surface area contributed by atoms with Crippen molar-refractivity contribution in [3.05, 3.63) is 0 Å². The first-order valence-electron chi connectivity index (χ1n) is 15.7. The average molecular weight is 621 g/mol. The summed E-state index contributed by atoms with van der Waals surface area (Å²) in [6, 6.07) is 0. The molecule has 11 heteroatoms. The van der Waals surface area contributed by atoms with Crippen molar-refractivity contribution in [2.75, 3.05) is 6.61 Å². The number of aliphatic hydroxyl groups is 1. The Morgan fingerprint density at radius 2 is 1.41 bits per heavy atom. The summed E-state index contributed by atoms with van der Waals surface area (Å²) in [5.41, 5.74) is -0.626. The summed E-state index contributed by atoms with van der Waals surface area (Å²) < 4.78 is 75.8. The molecular weight excluding hydrogens is 568 g/mol. The van der Waals surface area contributed by atoms with E-state index in [1.165, 1.54) is 12.8 Å². The van der Waals surface area contributed by atoms with E-state index in [4.69, 9.17) is 8.37 Å².